The highest BCUT2D eigenvalue weighted by atomic mass is 16.6. The molecule has 0 saturated carbocycles. The molecule has 0 aromatic carbocycles. The molecule has 5 nitrogen and oxygen atoms in total. The summed E-state index contributed by atoms with van der Waals surface area (Å²) in [5.41, 5.74) is 2.28. The minimum Gasteiger partial charge on any atom is -0.392 e. The van der Waals surface area contributed by atoms with Crippen LogP contribution < -0.4 is 10.8 Å². The lowest BCUT2D eigenvalue weighted by atomic mass is 10.2. The Morgan fingerprint density at radius 1 is 1.83 bits per heavy atom. The van der Waals surface area contributed by atoms with E-state index in [0.29, 0.717) is 19.6 Å². The summed E-state index contributed by atoms with van der Waals surface area (Å²) in [5, 5.41) is 12.0. The smallest absolute Gasteiger partial charge is 0.260 e. The second-order valence-electron chi connectivity index (χ2n) is 2.75. The highest BCUT2D eigenvalue weighted by Crippen LogP contribution is 2.05. The summed E-state index contributed by atoms with van der Waals surface area (Å²) in [4.78, 5) is 15.9. The van der Waals surface area contributed by atoms with Gasteiger partial charge in [-0.2, -0.15) is 0 Å². The molecule has 0 aliphatic carbocycles. The third kappa shape index (κ3) is 2.44. The third-order valence-electron chi connectivity index (χ3n) is 1.74. The van der Waals surface area contributed by atoms with Crippen LogP contribution >= 0.6 is 0 Å². The summed E-state index contributed by atoms with van der Waals surface area (Å²) in [6, 6.07) is -0.313. The lowest BCUT2D eigenvalue weighted by molar-refractivity contribution is -0.135. The minimum atomic E-state index is -0.414. The molecule has 1 fully saturated rings. The van der Waals surface area contributed by atoms with Crippen molar-refractivity contribution in [3.8, 4) is 0 Å². The normalized spacial score (nSPS) is 28.8. The van der Waals surface area contributed by atoms with Gasteiger partial charge in [0.25, 0.3) is 5.91 Å². The van der Waals surface area contributed by atoms with Gasteiger partial charge in [0.2, 0.25) is 0 Å². The molecule has 0 aromatic rings. The Labute approximate surface area is 71.0 Å². The number of carbonyl (C=O) groups is 1. The van der Waals surface area contributed by atoms with E-state index in [2.05, 4.69) is 10.8 Å². The quantitative estimate of drug-likeness (QED) is 0.469. The van der Waals surface area contributed by atoms with E-state index in [-0.39, 0.29) is 11.9 Å². The molecular weight excluding hydrogens is 160 g/mol. The number of amides is 1. The lowest BCUT2D eigenvalue weighted by Gasteiger charge is -2.09. The van der Waals surface area contributed by atoms with Gasteiger partial charge in [0.1, 0.15) is 0 Å². The first-order valence-corrected chi connectivity index (χ1v) is 4.07. The maximum atomic E-state index is 11.1. The molecule has 1 rings (SSSR count). The van der Waals surface area contributed by atoms with Gasteiger partial charge in [-0.1, -0.05) is 0 Å². The van der Waals surface area contributed by atoms with Crippen LogP contribution in [-0.4, -0.2) is 36.3 Å². The molecule has 0 spiro atoms. The third-order valence-corrected chi connectivity index (χ3v) is 1.74. The van der Waals surface area contributed by atoms with Gasteiger partial charge in [-0.3, -0.25) is 9.63 Å². The highest BCUT2D eigenvalue weighted by molar-refractivity contribution is 5.81. The van der Waals surface area contributed by atoms with Crippen LogP contribution in [0.1, 0.15) is 13.3 Å². The van der Waals surface area contributed by atoms with E-state index in [9.17, 15) is 4.79 Å². The minimum absolute atomic E-state index is 0.214. The molecule has 12 heavy (non-hydrogen) atoms. The fourth-order valence-corrected chi connectivity index (χ4v) is 1.13. The topological polar surface area (TPSA) is 70.6 Å². The van der Waals surface area contributed by atoms with Gasteiger partial charge in [-0.05, 0) is 13.3 Å². The van der Waals surface area contributed by atoms with Crippen LogP contribution in [0.15, 0.2) is 0 Å². The Kier molecular flexibility index (Phi) is 3.46. The largest absolute Gasteiger partial charge is 0.392 e. The van der Waals surface area contributed by atoms with Gasteiger partial charge in [-0.15, -0.1) is 0 Å². The molecular formula is C7H14N2O3. The van der Waals surface area contributed by atoms with E-state index in [4.69, 9.17) is 9.94 Å². The van der Waals surface area contributed by atoms with E-state index in [1.165, 1.54) is 0 Å². The van der Waals surface area contributed by atoms with Crippen molar-refractivity contribution >= 4 is 5.91 Å². The molecule has 5 heteroatoms. The lowest BCUT2D eigenvalue weighted by Crippen LogP contribution is -2.40. The van der Waals surface area contributed by atoms with Crippen LogP contribution in [0.25, 0.3) is 0 Å². The SMILES string of the molecule is CCONC(=O)C1CC(O)CN1. The van der Waals surface area contributed by atoms with Crippen molar-refractivity contribution in [3.05, 3.63) is 0 Å². The van der Waals surface area contributed by atoms with Crippen molar-refractivity contribution in [2.45, 2.75) is 25.5 Å². The number of aliphatic hydroxyl groups excluding tert-OH is 1. The zero-order valence-electron chi connectivity index (χ0n) is 7.04. The van der Waals surface area contributed by atoms with Crippen LogP contribution in [0.4, 0.5) is 0 Å². The summed E-state index contributed by atoms with van der Waals surface area (Å²) in [7, 11) is 0. The number of β-amino-alcohol motifs (C(OH)–C–C–N with tert-alkyl or cyclic N) is 1. The van der Waals surface area contributed by atoms with Crippen molar-refractivity contribution in [2.24, 2.45) is 0 Å². The van der Waals surface area contributed by atoms with Crippen molar-refractivity contribution < 1.29 is 14.7 Å². The van der Waals surface area contributed by atoms with Gasteiger partial charge in [0.05, 0.1) is 18.8 Å². The summed E-state index contributed by atoms with van der Waals surface area (Å²) < 4.78 is 0. The Bertz CT molecular complexity index is 163. The van der Waals surface area contributed by atoms with Gasteiger partial charge >= 0.3 is 0 Å². The fraction of sp³-hybridized carbons (Fsp3) is 0.857. The van der Waals surface area contributed by atoms with Crippen LogP contribution in [0, 0.1) is 0 Å². The summed E-state index contributed by atoms with van der Waals surface area (Å²) >= 11 is 0. The maximum Gasteiger partial charge on any atom is 0.260 e. The molecule has 1 amide bonds. The Hall–Kier alpha value is -0.650. The number of hydrogen-bond donors (Lipinski definition) is 3. The number of aliphatic hydroxyl groups is 1. The second-order valence-corrected chi connectivity index (χ2v) is 2.75. The molecule has 1 saturated heterocycles. The number of hydrogen-bond acceptors (Lipinski definition) is 4. The second kappa shape index (κ2) is 4.39. The zero-order chi connectivity index (χ0) is 8.97. The standard InChI is InChI=1S/C7H14N2O3/c1-2-12-9-7(11)6-3-5(10)4-8-6/h5-6,8,10H,2-4H2,1H3,(H,9,11). The van der Waals surface area contributed by atoms with E-state index in [0.717, 1.165) is 0 Å². The first-order chi connectivity index (χ1) is 5.74. The predicted octanol–water partition coefficient (Wildman–Crippen LogP) is -1.22. The number of carbonyl (C=O) groups excluding carboxylic acids is 1. The van der Waals surface area contributed by atoms with Crippen LogP contribution in [0.2, 0.25) is 0 Å². The maximum absolute atomic E-state index is 11.1. The summed E-state index contributed by atoms with van der Waals surface area (Å²) in [6.07, 6.45) is 0.0428. The van der Waals surface area contributed by atoms with Crippen molar-refractivity contribution in [2.75, 3.05) is 13.2 Å². The van der Waals surface area contributed by atoms with E-state index < -0.39 is 6.10 Å². The highest BCUT2D eigenvalue weighted by Gasteiger charge is 2.27. The zero-order valence-corrected chi connectivity index (χ0v) is 7.04. The number of hydroxylamine groups is 1. The first-order valence-electron chi connectivity index (χ1n) is 4.07. The molecule has 1 aliphatic heterocycles. The van der Waals surface area contributed by atoms with E-state index in [1.807, 2.05) is 0 Å². The summed E-state index contributed by atoms with van der Waals surface area (Å²) in [6.45, 7) is 2.71. The van der Waals surface area contributed by atoms with Gasteiger partial charge in [-0.25, -0.2) is 5.48 Å². The molecule has 0 bridgehead atoms. The van der Waals surface area contributed by atoms with Gasteiger partial charge in [0.15, 0.2) is 0 Å². The fourth-order valence-electron chi connectivity index (χ4n) is 1.13. The van der Waals surface area contributed by atoms with Crippen molar-refractivity contribution in [1.82, 2.24) is 10.8 Å². The molecule has 2 atom stereocenters. The molecule has 2 unspecified atom stereocenters. The van der Waals surface area contributed by atoms with Crippen molar-refractivity contribution in [3.63, 3.8) is 0 Å². The van der Waals surface area contributed by atoms with Crippen molar-refractivity contribution in [1.29, 1.82) is 0 Å². The molecule has 0 radical (unpaired) electrons. The van der Waals surface area contributed by atoms with E-state index in [1.54, 1.807) is 6.92 Å². The van der Waals surface area contributed by atoms with Crippen LogP contribution in [0.3, 0.4) is 0 Å². The molecule has 3 N–H and O–H groups in total. The summed E-state index contributed by atoms with van der Waals surface area (Å²) in [5.74, 6) is -0.214. The van der Waals surface area contributed by atoms with E-state index >= 15 is 0 Å². The van der Waals surface area contributed by atoms with Crippen LogP contribution in [0.5, 0.6) is 0 Å². The Morgan fingerprint density at radius 2 is 2.58 bits per heavy atom. The monoisotopic (exact) mass is 174 g/mol. The number of nitrogens with one attached hydrogen (secondary N) is 2. The number of rotatable bonds is 3. The average Bonchev–Trinajstić information content (AvgIpc) is 2.47. The Balaban J connectivity index is 2.23. The van der Waals surface area contributed by atoms with Crippen LogP contribution in [-0.2, 0) is 9.63 Å². The first kappa shape index (κ1) is 9.44. The van der Waals surface area contributed by atoms with Gasteiger partial charge < -0.3 is 10.4 Å². The molecule has 1 heterocycles. The average molecular weight is 174 g/mol. The molecule has 70 valence electrons. The predicted molar refractivity (Wildman–Crippen MR) is 42.2 cm³/mol. The molecule has 0 aromatic heterocycles. The van der Waals surface area contributed by atoms with Gasteiger partial charge in [0, 0.05) is 6.54 Å². The molecule has 1 aliphatic rings. The Morgan fingerprint density at radius 3 is 3.08 bits per heavy atom.